The molecule has 0 aliphatic carbocycles. The van der Waals surface area contributed by atoms with Crippen LogP contribution in [0.25, 0.3) is 0 Å². The lowest BCUT2D eigenvalue weighted by Gasteiger charge is -2.30. The molecule has 3 nitrogen and oxygen atoms in total. The average Bonchev–Trinajstić information content (AvgIpc) is 2.60. The van der Waals surface area contributed by atoms with E-state index in [1.165, 1.54) is 16.7 Å². The molecule has 1 aromatic rings. The number of fused-ring (bicyclic) bond motifs is 1. The van der Waals surface area contributed by atoms with Crippen molar-refractivity contribution in [3.63, 3.8) is 0 Å². The molecule has 0 saturated carbocycles. The maximum Gasteiger partial charge on any atom is 0.197 e. The van der Waals surface area contributed by atoms with Gasteiger partial charge in [0.15, 0.2) is 6.29 Å². The minimum absolute atomic E-state index is 0.220. The topological polar surface area (TPSA) is 49.7 Å². The van der Waals surface area contributed by atoms with Crippen LogP contribution in [0.1, 0.15) is 89.3 Å². The van der Waals surface area contributed by atoms with Crippen LogP contribution >= 0.6 is 0 Å². The number of aliphatic hydroxyl groups is 1. The summed E-state index contributed by atoms with van der Waals surface area (Å²) in [5.41, 5.74) is 7.04. The molecule has 0 fully saturated rings. The van der Waals surface area contributed by atoms with Gasteiger partial charge in [0.1, 0.15) is 11.5 Å². The van der Waals surface area contributed by atoms with E-state index in [9.17, 15) is 10.2 Å². The molecule has 1 aromatic carbocycles. The van der Waals surface area contributed by atoms with E-state index in [1.54, 1.807) is 0 Å². The van der Waals surface area contributed by atoms with Gasteiger partial charge in [-0.05, 0) is 84.3 Å². The van der Waals surface area contributed by atoms with E-state index in [0.29, 0.717) is 18.6 Å². The van der Waals surface area contributed by atoms with Crippen LogP contribution in [0, 0.1) is 6.92 Å². The Balaban J connectivity index is 2.02. The molecule has 0 radical (unpaired) electrons. The Morgan fingerprint density at radius 1 is 1.07 bits per heavy atom. The molecule has 2 unspecified atom stereocenters. The van der Waals surface area contributed by atoms with Crippen LogP contribution in [0.5, 0.6) is 11.5 Å². The molecule has 0 aromatic heterocycles. The van der Waals surface area contributed by atoms with Crippen LogP contribution in [-0.4, -0.2) is 16.5 Å². The van der Waals surface area contributed by atoms with Crippen LogP contribution in [0.3, 0.4) is 0 Å². The van der Waals surface area contributed by atoms with Gasteiger partial charge in [-0.1, -0.05) is 41.9 Å². The van der Waals surface area contributed by atoms with Crippen molar-refractivity contribution in [1.82, 2.24) is 0 Å². The minimum Gasteiger partial charge on any atom is -0.508 e. The molecule has 0 bridgehead atoms. The molecule has 2 atom stereocenters. The van der Waals surface area contributed by atoms with Crippen LogP contribution in [-0.2, 0) is 6.42 Å². The van der Waals surface area contributed by atoms with Gasteiger partial charge in [0.05, 0.1) is 0 Å². The number of aliphatic hydroxyl groups excluding tert-OH is 1. The third-order valence-corrected chi connectivity index (χ3v) is 5.69. The normalized spacial score (nSPS) is 19.6. The van der Waals surface area contributed by atoms with Crippen LogP contribution in [0.15, 0.2) is 41.0 Å². The van der Waals surface area contributed by atoms with E-state index >= 15 is 0 Å². The maximum absolute atomic E-state index is 10.5. The summed E-state index contributed by atoms with van der Waals surface area (Å²) in [4.78, 5) is 0. The number of allylic oxidation sites excluding steroid dienone is 6. The number of phenolic OH excluding ortho intramolecular Hbond substituents is 1. The molecule has 0 spiro atoms. The second kappa shape index (κ2) is 10.7. The zero-order valence-corrected chi connectivity index (χ0v) is 19.0. The Bertz CT molecular complexity index is 795. The number of hydrogen-bond donors (Lipinski definition) is 2. The van der Waals surface area contributed by atoms with Gasteiger partial charge in [-0.3, -0.25) is 0 Å². The third-order valence-electron chi connectivity index (χ3n) is 5.69. The van der Waals surface area contributed by atoms with Gasteiger partial charge in [-0.15, -0.1) is 0 Å². The first-order chi connectivity index (χ1) is 13.7. The zero-order chi connectivity index (χ0) is 21.6. The Kier molecular flexibility index (Phi) is 8.58. The van der Waals surface area contributed by atoms with Gasteiger partial charge < -0.3 is 14.9 Å². The lowest BCUT2D eigenvalue weighted by molar-refractivity contribution is -0.0384. The van der Waals surface area contributed by atoms with Crippen molar-refractivity contribution in [2.45, 2.75) is 92.3 Å². The SMILES string of the molecule is CC(C)=CCCC(C)=CCCC(C)=CCc1c(O)cc(C)c2c1OC(O)CC2C. The fourth-order valence-corrected chi connectivity index (χ4v) is 3.99. The Labute approximate surface area is 176 Å². The molecule has 0 saturated heterocycles. The van der Waals surface area contributed by atoms with Crippen molar-refractivity contribution >= 4 is 0 Å². The summed E-state index contributed by atoms with van der Waals surface area (Å²) >= 11 is 0. The van der Waals surface area contributed by atoms with Crippen molar-refractivity contribution in [1.29, 1.82) is 0 Å². The molecule has 0 amide bonds. The predicted molar refractivity (Wildman–Crippen MR) is 122 cm³/mol. The quantitative estimate of drug-likeness (QED) is 0.470. The van der Waals surface area contributed by atoms with E-state index in [4.69, 9.17) is 4.74 Å². The van der Waals surface area contributed by atoms with Gasteiger partial charge >= 0.3 is 0 Å². The second-order valence-corrected chi connectivity index (χ2v) is 8.81. The number of ether oxygens (including phenoxy) is 1. The van der Waals surface area contributed by atoms with Gasteiger partial charge in [0.2, 0.25) is 0 Å². The van der Waals surface area contributed by atoms with Gasteiger partial charge in [0, 0.05) is 17.5 Å². The summed E-state index contributed by atoms with van der Waals surface area (Å²) in [6.07, 6.45) is 11.5. The molecular weight excluding hydrogens is 360 g/mol. The largest absolute Gasteiger partial charge is 0.508 e. The summed E-state index contributed by atoms with van der Waals surface area (Å²) in [6.45, 7) is 12.7. The number of aromatic hydroxyl groups is 1. The van der Waals surface area contributed by atoms with Gasteiger partial charge in [-0.25, -0.2) is 0 Å². The van der Waals surface area contributed by atoms with E-state index < -0.39 is 6.29 Å². The molecule has 1 aliphatic rings. The number of phenols is 1. The second-order valence-electron chi connectivity index (χ2n) is 8.81. The number of benzene rings is 1. The number of rotatable bonds is 8. The lowest BCUT2D eigenvalue weighted by atomic mass is 9.87. The smallest absolute Gasteiger partial charge is 0.197 e. The standard InChI is InChI=1S/C26H38O3/c1-17(2)9-7-10-18(3)11-8-12-19(4)13-14-22-23(27)15-20(5)25-21(6)16-24(28)29-26(22)25/h9,11,13,15,21,24,27-28H,7-8,10,12,14,16H2,1-6H3. The highest BCUT2D eigenvalue weighted by molar-refractivity contribution is 5.56. The van der Waals surface area contributed by atoms with Crippen molar-refractivity contribution in [2.24, 2.45) is 0 Å². The Hall–Kier alpha value is -2.00. The molecule has 1 aliphatic heterocycles. The molecule has 2 N–H and O–H groups in total. The van der Waals surface area contributed by atoms with Crippen molar-refractivity contribution < 1.29 is 14.9 Å². The highest BCUT2D eigenvalue weighted by Gasteiger charge is 2.29. The van der Waals surface area contributed by atoms with Crippen molar-refractivity contribution in [3.05, 3.63) is 57.7 Å². The van der Waals surface area contributed by atoms with Crippen molar-refractivity contribution in [2.75, 3.05) is 0 Å². The van der Waals surface area contributed by atoms with Gasteiger partial charge in [-0.2, -0.15) is 0 Å². The number of hydrogen-bond acceptors (Lipinski definition) is 3. The molecule has 3 heteroatoms. The Morgan fingerprint density at radius 2 is 1.69 bits per heavy atom. The highest BCUT2D eigenvalue weighted by Crippen LogP contribution is 2.44. The first kappa shape index (κ1) is 23.3. The molecule has 2 rings (SSSR count). The fraction of sp³-hybridized carbons (Fsp3) is 0.538. The monoisotopic (exact) mass is 398 g/mol. The fourth-order valence-electron chi connectivity index (χ4n) is 3.99. The lowest BCUT2D eigenvalue weighted by Crippen LogP contribution is -2.25. The van der Waals surface area contributed by atoms with E-state index in [2.05, 4.69) is 52.8 Å². The highest BCUT2D eigenvalue weighted by atomic mass is 16.6. The first-order valence-corrected chi connectivity index (χ1v) is 10.8. The first-order valence-electron chi connectivity index (χ1n) is 10.8. The molecular formula is C26H38O3. The summed E-state index contributed by atoms with van der Waals surface area (Å²) in [5.74, 6) is 1.15. The van der Waals surface area contributed by atoms with Crippen molar-refractivity contribution in [3.8, 4) is 11.5 Å². The summed E-state index contributed by atoms with van der Waals surface area (Å²) in [5, 5.41) is 20.5. The summed E-state index contributed by atoms with van der Waals surface area (Å²) < 4.78 is 5.75. The average molecular weight is 399 g/mol. The zero-order valence-electron chi connectivity index (χ0n) is 19.0. The summed E-state index contributed by atoms with van der Waals surface area (Å²) in [6, 6.07) is 1.83. The van der Waals surface area contributed by atoms with Crippen LogP contribution in [0.4, 0.5) is 0 Å². The van der Waals surface area contributed by atoms with E-state index in [0.717, 1.165) is 42.4 Å². The summed E-state index contributed by atoms with van der Waals surface area (Å²) in [7, 11) is 0. The minimum atomic E-state index is -0.804. The maximum atomic E-state index is 10.5. The van der Waals surface area contributed by atoms with Gasteiger partial charge in [0.25, 0.3) is 0 Å². The third kappa shape index (κ3) is 6.78. The molecule has 160 valence electrons. The predicted octanol–water partition coefficient (Wildman–Crippen LogP) is 6.87. The molecule has 29 heavy (non-hydrogen) atoms. The Morgan fingerprint density at radius 3 is 2.34 bits per heavy atom. The molecule has 1 heterocycles. The number of aryl methyl sites for hydroxylation is 1. The van der Waals surface area contributed by atoms with E-state index in [-0.39, 0.29) is 11.7 Å². The van der Waals surface area contributed by atoms with Crippen LogP contribution in [0.2, 0.25) is 0 Å². The van der Waals surface area contributed by atoms with Crippen LogP contribution < -0.4 is 4.74 Å². The van der Waals surface area contributed by atoms with E-state index in [1.807, 2.05) is 13.0 Å².